The number of ketones is 1. The fraction of sp³-hybridized carbons (Fsp3) is 0.288. The molecule has 3 amide bonds. The SMILES string of the molecule is C.CC(C)(C)OC(=O)N1CC[C@@H](N2CC/C(=C\C3=C(C(=O)OC(c4ccccc4)c4ccccc4)N4C(=O)C(CC(=O)/C(=N\OC(c5ccccc5)(c5ccccc5)c5ccccc5)c5nsc(N)n5)[C@H]4SC3)C2=O)C1. The molecular weight excluding hydrogens is 999 g/mol. The van der Waals surface area contributed by atoms with Crippen molar-refractivity contribution in [3.63, 3.8) is 0 Å². The number of aromatic nitrogens is 2. The number of Topliss-reactive ketones (excluding diaryl/α,β-unsaturated/α-hetero) is 1. The van der Waals surface area contributed by atoms with Crippen LogP contribution in [0, 0.1) is 5.92 Å². The van der Waals surface area contributed by atoms with Gasteiger partial charge < -0.3 is 29.8 Å². The lowest BCUT2D eigenvalue weighted by Crippen LogP contribution is -2.62. The van der Waals surface area contributed by atoms with Crippen molar-refractivity contribution in [3.8, 4) is 0 Å². The summed E-state index contributed by atoms with van der Waals surface area (Å²) in [6, 6.07) is 47.1. The first kappa shape index (κ1) is 53.0. The predicted octanol–water partition coefficient (Wildman–Crippen LogP) is 9.71. The lowest BCUT2D eigenvalue weighted by atomic mass is 9.80. The van der Waals surface area contributed by atoms with E-state index in [0.717, 1.165) is 39.3 Å². The standard InChI is InChI=1S/C58H55N7O8S2.CH4/c1-57(2,3)72-56(70)63-31-30-44(35-63)64-32-29-39(51(64)67)33-40-36-74-53-45(52(68)65(53)48(40)54(69)71-49(37-19-9-4-10-20-37)38-21-11-5-12-22-38)34-46(66)47(50-60-55(59)75-62-50)61-73-58(41-23-13-6-14-24-41,42-25-15-7-16-26-42)43-27-17-8-18-28-43;/h4-28,33,44-45,49,53H,29-32,34-36H2,1-3H3,(H2,59,60,62);1H4/b39-33+,61-47+;/t44-,45?,53-;/m1./s1. The maximum absolute atomic E-state index is 15.0. The average molecular weight is 1060 g/mol. The molecule has 0 radical (unpaired) electrons. The third kappa shape index (κ3) is 10.8. The van der Waals surface area contributed by atoms with Crippen molar-refractivity contribution in [1.29, 1.82) is 0 Å². The number of oxime groups is 1. The van der Waals surface area contributed by atoms with Gasteiger partial charge in [-0.15, -0.1) is 11.8 Å². The summed E-state index contributed by atoms with van der Waals surface area (Å²) in [5.74, 6) is -2.75. The van der Waals surface area contributed by atoms with Gasteiger partial charge in [0.15, 0.2) is 22.7 Å². The van der Waals surface area contributed by atoms with E-state index in [0.29, 0.717) is 43.6 Å². The Morgan fingerprint density at radius 3 is 1.88 bits per heavy atom. The van der Waals surface area contributed by atoms with Crippen LogP contribution in [0.2, 0.25) is 0 Å². The van der Waals surface area contributed by atoms with Gasteiger partial charge in [0.1, 0.15) is 11.3 Å². The summed E-state index contributed by atoms with van der Waals surface area (Å²) < 4.78 is 16.4. The second kappa shape index (κ2) is 22.5. The molecule has 0 spiro atoms. The first-order valence-electron chi connectivity index (χ1n) is 24.8. The molecule has 5 aromatic carbocycles. The number of likely N-dealkylation sites (tertiary alicyclic amines) is 2. The summed E-state index contributed by atoms with van der Waals surface area (Å²) in [7, 11) is 0. The van der Waals surface area contributed by atoms with E-state index in [9.17, 15) is 24.0 Å². The van der Waals surface area contributed by atoms with Crippen LogP contribution in [0.4, 0.5) is 9.93 Å². The number of esters is 1. The summed E-state index contributed by atoms with van der Waals surface area (Å²) in [5.41, 5.74) is 8.45. The summed E-state index contributed by atoms with van der Waals surface area (Å²) >= 11 is 2.28. The number of amides is 3. The maximum atomic E-state index is 15.0. The van der Waals surface area contributed by atoms with Crippen molar-refractivity contribution >= 4 is 63.8 Å². The van der Waals surface area contributed by atoms with Gasteiger partial charge >= 0.3 is 12.1 Å². The highest BCUT2D eigenvalue weighted by Crippen LogP contribution is 2.47. The molecule has 3 saturated heterocycles. The van der Waals surface area contributed by atoms with Gasteiger partial charge in [-0.25, -0.2) is 9.59 Å². The van der Waals surface area contributed by atoms with Gasteiger partial charge in [-0.2, -0.15) is 9.36 Å². The van der Waals surface area contributed by atoms with Crippen LogP contribution in [-0.4, -0.2) is 102 Å². The normalized spacial score (nSPS) is 19.3. The molecule has 76 heavy (non-hydrogen) atoms. The summed E-state index contributed by atoms with van der Waals surface area (Å²) in [5, 5.41) is 4.07. The molecule has 1 aromatic heterocycles. The zero-order chi connectivity index (χ0) is 52.3. The Bertz CT molecular complexity index is 3050. The number of nitrogen functional groups attached to an aromatic ring is 1. The lowest BCUT2D eigenvalue weighted by Gasteiger charge is -2.49. The highest BCUT2D eigenvalue weighted by molar-refractivity contribution is 8.00. The van der Waals surface area contributed by atoms with Crippen molar-refractivity contribution < 1.29 is 38.3 Å². The third-order valence-electron chi connectivity index (χ3n) is 13.6. The Hall–Kier alpha value is -7.89. The monoisotopic (exact) mass is 1060 g/mol. The molecule has 0 aliphatic carbocycles. The molecule has 6 aromatic rings. The van der Waals surface area contributed by atoms with Crippen LogP contribution < -0.4 is 5.73 Å². The number of ether oxygens (including phenoxy) is 2. The highest BCUT2D eigenvalue weighted by Gasteiger charge is 2.55. The molecule has 4 aliphatic heterocycles. The molecule has 17 heteroatoms. The van der Waals surface area contributed by atoms with Crippen molar-refractivity contribution in [2.45, 2.75) is 76.2 Å². The van der Waals surface area contributed by atoms with Crippen LogP contribution in [0.3, 0.4) is 0 Å². The van der Waals surface area contributed by atoms with E-state index >= 15 is 0 Å². The van der Waals surface area contributed by atoms with E-state index in [-0.39, 0.29) is 53.9 Å². The van der Waals surface area contributed by atoms with Gasteiger partial charge in [0.25, 0.3) is 0 Å². The van der Waals surface area contributed by atoms with Crippen molar-refractivity contribution in [2.75, 3.05) is 31.1 Å². The molecule has 0 saturated carbocycles. The molecule has 5 heterocycles. The highest BCUT2D eigenvalue weighted by atomic mass is 32.2. The fourth-order valence-electron chi connectivity index (χ4n) is 10.1. The molecule has 390 valence electrons. The van der Waals surface area contributed by atoms with Crippen LogP contribution in [-0.2, 0) is 39.1 Å². The minimum atomic E-state index is -1.35. The molecule has 10 rings (SSSR count). The number of rotatable bonds is 15. The summed E-state index contributed by atoms with van der Waals surface area (Å²) in [6.45, 7) is 6.67. The molecule has 3 fully saturated rings. The van der Waals surface area contributed by atoms with Crippen molar-refractivity contribution in [3.05, 3.63) is 208 Å². The number of nitrogens with two attached hydrogens (primary N) is 1. The average Bonchev–Trinajstić information content (AvgIpc) is 4.20. The molecule has 4 aliphatic rings. The van der Waals surface area contributed by atoms with E-state index in [1.165, 1.54) is 16.7 Å². The molecule has 2 N–H and O–H groups in total. The maximum Gasteiger partial charge on any atom is 0.410 e. The number of hydrogen-bond acceptors (Lipinski definition) is 14. The zero-order valence-electron chi connectivity index (χ0n) is 41.6. The van der Waals surface area contributed by atoms with Crippen LogP contribution in [0.1, 0.15) is 87.2 Å². The number of hydrogen-bond donors (Lipinski definition) is 1. The van der Waals surface area contributed by atoms with E-state index in [2.05, 4.69) is 14.5 Å². The van der Waals surface area contributed by atoms with E-state index < -0.39 is 52.4 Å². The zero-order valence-corrected chi connectivity index (χ0v) is 43.2. The van der Waals surface area contributed by atoms with Crippen LogP contribution in [0.25, 0.3) is 0 Å². The summed E-state index contributed by atoms with van der Waals surface area (Å²) in [4.78, 5) is 87.8. The number of carbonyl (C=O) groups is 5. The van der Waals surface area contributed by atoms with E-state index in [1.54, 1.807) is 15.9 Å². The topological polar surface area (TPSA) is 187 Å². The van der Waals surface area contributed by atoms with Gasteiger partial charge in [-0.1, -0.05) is 164 Å². The van der Waals surface area contributed by atoms with Crippen LogP contribution in [0.15, 0.2) is 180 Å². The number of fused-ring (bicyclic) bond motifs is 1. The Morgan fingerprint density at radius 2 is 1.36 bits per heavy atom. The van der Waals surface area contributed by atoms with Gasteiger partial charge in [0.05, 0.1) is 17.3 Å². The summed E-state index contributed by atoms with van der Waals surface area (Å²) in [6.07, 6.45) is 1.12. The van der Waals surface area contributed by atoms with Crippen molar-refractivity contribution in [2.24, 2.45) is 11.1 Å². The molecule has 15 nitrogen and oxygen atoms in total. The van der Waals surface area contributed by atoms with Gasteiger partial charge in [0, 0.05) is 65.6 Å². The molecule has 1 unspecified atom stereocenters. The minimum Gasteiger partial charge on any atom is -0.448 e. The Morgan fingerprint density at radius 1 is 0.803 bits per heavy atom. The van der Waals surface area contributed by atoms with E-state index in [4.69, 9.17) is 20.0 Å². The smallest absolute Gasteiger partial charge is 0.410 e. The first-order valence-corrected chi connectivity index (χ1v) is 26.6. The Balaban J connectivity index is 0.00000706. The van der Waals surface area contributed by atoms with E-state index in [1.807, 2.05) is 172 Å². The van der Waals surface area contributed by atoms with Crippen LogP contribution >= 0.6 is 23.3 Å². The Kier molecular flexibility index (Phi) is 15.7. The van der Waals surface area contributed by atoms with Crippen molar-refractivity contribution in [1.82, 2.24) is 24.1 Å². The molecule has 3 atom stereocenters. The fourth-order valence-corrected chi connectivity index (χ4v) is 11.9. The minimum absolute atomic E-state index is 0. The second-order valence-electron chi connectivity index (χ2n) is 19.7. The largest absolute Gasteiger partial charge is 0.448 e. The van der Waals surface area contributed by atoms with Crippen LogP contribution in [0.5, 0.6) is 0 Å². The molecular formula is C59H59N7O8S2. The Labute approximate surface area is 450 Å². The van der Waals surface area contributed by atoms with Gasteiger partial charge in [0.2, 0.25) is 23.2 Å². The third-order valence-corrected chi connectivity index (χ3v) is 15.5. The molecule has 0 bridgehead atoms. The predicted molar refractivity (Wildman–Crippen MR) is 293 cm³/mol. The van der Waals surface area contributed by atoms with Gasteiger partial charge in [-0.3, -0.25) is 19.3 Å². The lowest BCUT2D eigenvalue weighted by molar-refractivity contribution is -0.157. The number of β-lactam (4-membered cyclic amide) rings is 1. The number of nitrogens with zero attached hydrogens (tertiary/aromatic N) is 6. The number of benzene rings is 5. The number of allylic oxidation sites excluding steroid dienone is 1. The number of carbonyl (C=O) groups excluding carboxylic acids is 5. The quantitative estimate of drug-likeness (QED) is 0.0257. The number of anilines is 1. The van der Waals surface area contributed by atoms with Gasteiger partial charge in [-0.05, 0) is 56.4 Å². The first-order chi connectivity index (χ1) is 36.3. The second-order valence-corrected chi connectivity index (χ2v) is 21.6. The number of thioether (sulfide) groups is 1.